The number of rotatable bonds is 5. The predicted octanol–water partition coefficient (Wildman–Crippen LogP) is 5.86. The molecule has 0 N–H and O–H groups in total. The van der Waals surface area contributed by atoms with Crippen LogP contribution in [0.2, 0.25) is 0 Å². The van der Waals surface area contributed by atoms with Gasteiger partial charge in [0.05, 0.1) is 0 Å². The van der Waals surface area contributed by atoms with Crippen LogP contribution in [0.4, 0.5) is 70.2 Å². The lowest BCUT2D eigenvalue weighted by Gasteiger charge is -2.50. The van der Waals surface area contributed by atoms with Crippen molar-refractivity contribution in [3.05, 3.63) is 0 Å². The summed E-state index contributed by atoms with van der Waals surface area (Å²) >= 11 is 0. The van der Waals surface area contributed by atoms with Crippen LogP contribution < -0.4 is 0 Å². The van der Waals surface area contributed by atoms with Crippen LogP contribution in [0, 0.1) is 0 Å². The maximum atomic E-state index is 13.4. The van der Waals surface area contributed by atoms with E-state index in [0.29, 0.717) is 0 Å². The molecule has 0 saturated heterocycles. The smallest absolute Gasteiger partial charge is 0.230 e. The molecule has 1 aliphatic carbocycles. The summed E-state index contributed by atoms with van der Waals surface area (Å²) in [6, 6.07) is 0. The first kappa shape index (κ1) is 22.9. The first-order valence-electron chi connectivity index (χ1n) is 5.98. The van der Waals surface area contributed by atoms with Gasteiger partial charge in [-0.15, -0.1) is 0 Å². The second kappa shape index (κ2) is 5.23. The summed E-state index contributed by atoms with van der Waals surface area (Å²) in [5.41, 5.74) is -5.88. The van der Waals surface area contributed by atoms with E-state index in [1.807, 2.05) is 0 Å². The van der Waals surface area contributed by atoms with E-state index in [0.717, 1.165) is 0 Å². The third-order valence-electron chi connectivity index (χ3n) is 3.79. The van der Waals surface area contributed by atoms with Gasteiger partial charge in [0, 0.05) is 6.42 Å². The minimum absolute atomic E-state index is 1.92. The molecule has 1 atom stereocenters. The molecule has 0 bridgehead atoms. The number of hydrogen-bond donors (Lipinski definition) is 0. The van der Waals surface area contributed by atoms with E-state index in [2.05, 4.69) is 0 Å². The van der Waals surface area contributed by atoms with Crippen molar-refractivity contribution in [2.24, 2.45) is 0 Å². The summed E-state index contributed by atoms with van der Waals surface area (Å²) < 4.78 is 204. The van der Waals surface area contributed by atoms with E-state index in [1.165, 1.54) is 0 Å². The number of alkyl halides is 16. The molecule has 1 rings (SSSR count). The molecule has 26 heavy (non-hydrogen) atoms. The molecule has 0 aliphatic heterocycles. The Bertz CT molecular complexity index is 516. The molecule has 16 heteroatoms. The van der Waals surface area contributed by atoms with Gasteiger partial charge in [-0.05, 0) is 6.42 Å². The number of halogens is 16. The third kappa shape index (κ3) is 2.31. The first-order valence-corrected chi connectivity index (χ1v) is 5.98. The van der Waals surface area contributed by atoms with Crippen LogP contribution in [0.15, 0.2) is 0 Å². The molecule has 1 aliphatic rings. The van der Waals surface area contributed by atoms with Crippen molar-refractivity contribution in [2.45, 2.75) is 60.2 Å². The molecule has 0 aromatic rings. The molecule has 0 radical (unpaired) electrons. The van der Waals surface area contributed by atoms with Crippen LogP contribution in [0.1, 0.15) is 12.8 Å². The lowest BCUT2D eigenvalue weighted by Crippen LogP contribution is -2.77. The van der Waals surface area contributed by atoms with E-state index in [4.69, 9.17) is 0 Å². The minimum Gasteiger partial charge on any atom is -0.230 e. The monoisotopic (exact) mass is 428 g/mol. The molecule has 0 aromatic heterocycles. The Hall–Kier alpha value is -1.12. The second-order valence-electron chi connectivity index (χ2n) is 5.38. The Balaban J connectivity index is 3.55. The molecule has 156 valence electrons. The van der Waals surface area contributed by atoms with Crippen LogP contribution in [0.25, 0.3) is 0 Å². The topological polar surface area (TPSA) is 0 Å². The van der Waals surface area contributed by atoms with Crippen molar-refractivity contribution in [1.82, 2.24) is 0 Å². The largest absolute Gasteiger partial charge is 0.460 e. The highest BCUT2D eigenvalue weighted by Gasteiger charge is 2.95. The molecule has 0 amide bonds. The Morgan fingerprint density at radius 1 is 0.462 bits per heavy atom. The van der Waals surface area contributed by atoms with Crippen LogP contribution in [-0.4, -0.2) is 47.4 Å². The summed E-state index contributed by atoms with van der Waals surface area (Å²) in [6.07, 6.45) is -11.8. The van der Waals surface area contributed by atoms with Gasteiger partial charge >= 0.3 is 35.8 Å². The normalized spacial score (nSPS) is 25.8. The van der Waals surface area contributed by atoms with Gasteiger partial charge in [-0.25, -0.2) is 13.2 Å². The fourth-order valence-electron chi connectivity index (χ4n) is 1.94. The molecular weight excluding hydrogens is 424 g/mol. The van der Waals surface area contributed by atoms with Gasteiger partial charge < -0.3 is 0 Å². The zero-order chi connectivity index (χ0) is 21.4. The van der Waals surface area contributed by atoms with Crippen molar-refractivity contribution in [3.8, 4) is 0 Å². The van der Waals surface area contributed by atoms with Gasteiger partial charge in [-0.3, -0.25) is 0 Å². The molecule has 1 unspecified atom stereocenters. The van der Waals surface area contributed by atoms with Crippen LogP contribution in [0.5, 0.6) is 0 Å². The van der Waals surface area contributed by atoms with Crippen LogP contribution in [0.3, 0.4) is 0 Å². The highest BCUT2D eigenvalue weighted by atomic mass is 19.4. The van der Waals surface area contributed by atoms with E-state index in [9.17, 15) is 70.2 Å². The van der Waals surface area contributed by atoms with Gasteiger partial charge in [0.15, 0.2) is 0 Å². The lowest BCUT2D eigenvalue weighted by molar-refractivity contribution is -0.458. The molecule has 1 saturated carbocycles. The highest BCUT2D eigenvalue weighted by molar-refractivity contribution is 5.21. The van der Waals surface area contributed by atoms with Crippen molar-refractivity contribution in [1.29, 1.82) is 0 Å². The Labute approximate surface area is 132 Å². The lowest BCUT2D eigenvalue weighted by atomic mass is 9.69. The van der Waals surface area contributed by atoms with Crippen molar-refractivity contribution in [3.63, 3.8) is 0 Å². The third-order valence-corrected chi connectivity index (χ3v) is 3.79. The van der Waals surface area contributed by atoms with Gasteiger partial charge in [0.2, 0.25) is 5.67 Å². The second-order valence-corrected chi connectivity index (χ2v) is 5.38. The van der Waals surface area contributed by atoms with Crippen LogP contribution >= 0.6 is 0 Å². The van der Waals surface area contributed by atoms with Crippen molar-refractivity contribution in [2.75, 3.05) is 0 Å². The Morgan fingerprint density at radius 3 is 1.04 bits per heavy atom. The average molecular weight is 428 g/mol. The Kier molecular flexibility index (Phi) is 4.61. The highest BCUT2D eigenvalue weighted by Crippen LogP contribution is 2.67. The molecule has 1 fully saturated rings. The fourth-order valence-corrected chi connectivity index (χ4v) is 1.94. The summed E-state index contributed by atoms with van der Waals surface area (Å²) in [5, 5.41) is 0. The molecular formula is C10H4F16. The van der Waals surface area contributed by atoms with Crippen molar-refractivity contribution < 1.29 is 70.2 Å². The summed E-state index contributed by atoms with van der Waals surface area (Å²) in [5.74, 6) is -45.5. The van der Waals surface area contributed by atoms with Gasteiger partial charge in [0.25, 0.3) is 5.92 Å². The quantitative estimate of drug-likeness (QED) is 0.482. The van der Waals surface area contributed by atoms with Crippen molar-refractivity contribution >= 4 is 0 Å². The van der Waals surface area contributed by atoms with Gasteiger partial charge in [-0.1, -0.05) is 0 Å². The van der Waals surface area contributed by atoms with E-state index in [-0.39, 0.29) is 0 Å². The molecule has 0 spiro atoms. The maximum absolute atomic E-state index is 13.4. The average Bonchev–Trinajstić information content (AvgIpc) is 2.42. The summed E-state index contributed by atoms with van der Waals surface area (Å²) in [6.45, 7) is 0. The van der Waals surface area contributed by atoms with Gasteiger partial charge in [-0.2, -0.15) is 57.1 Å². The molecule has 0 heterocycles. The number of hydrogen-bond acceptors (Lipinski definition) is 0. The first-order chi connectivity index (χ1) is 11.0. The summed E-state index contributed by atoms with van der Waals surface area (Å²) in [4.78, 5) is 0. The standard InChI is InChI=1S/C10H4F16/c11-3(1-2-4(3,12)13)5(14,15)6(16,17)7(18,19)8(20,21)9(22,23)10(24,25)26/h1-2H2. The zero-order valence-electron chi connectivity index (χ0n) is 11.5. The minimum atomic E-state index is -8.28. The molecule has 0 aromatic carbocycles. The molecule has 0 nitrogen and oxygen atoms in total. The van der Waals surface area contributed by atoms with E-state index >= 15 is 0 Å². The maximum Gasteiger partial charge on any atom is 0.460 e. The zero-order valence-corrected chi connectivity index (χ0v) is 11.5. The fraction of sp³-hybridized carbons (Fsp3) is 1.00. The predicted molar refractivity (Wildman–Crippen MR) is 48.8 cm³/mol. The summed E-state index contributed by atoms with van der Waals surface area (Å²) in [7, 11) is 0. The van der Waals surface area contributed by atoms with Crippen LogP contribution in [-0.2, 0) is 0 Å². The van der Waals surface area contributed by atoms with Gasteiger partial charge in [0.1, 0.15) is 0 Å². The van der Waals surface area contributed by atoms with E-state index in [1.54, 1.807) is 0 Å². The SMILES string of the molecule is FC(F)(F)C(F)(F)C(F)(F)C(F)(F)C(F)(F)C(F)(F)C1(F)CCC1(F)F. The van der Waals surface area contributed by atoms with E-state index < -0.39 is 60.2 Å². The Morgan fingerprint density at radius 2 is 0.808 bits per heavy atom.